The van der Waals surface area contributed by atoms with Gasteiger partial charge < -0.3 is 10.1 Å². The fraction of sp³-hybridized carbons (Fsp3) is 0.550. The highest BCUT2D eigenvalue weighted by molar-refractivity contribution is 5.28. The summed E-state index contributed by atoms with van der Waals surface area (Å²) in [6, 6.07) is 6.53. The molecule has 0 spiro atoms. The number of aromatic nitrogens is 3. The predicted molar refractivity (Wildman–Crippen MR) is 101 cm³/mol. The van der Waals surface area contributed by atoms with Crippen LogP contribution in [-0.2, 0) is 4.74 Å². The van der Waals surface area contributed by atoms with Gasteiger partial charge in [0.1, 0.15) is 0 Å². The second kappa shape index (κ2) is 8.56. The van der Waals surface area contributed by atoms with E-state index in [2.05, 4.69) is 38.4 Å². The Hall–Kier alpha value is -2.05. The summed E-state index contributed by atoms with van der Waals surface area (Å²) in [6.45, 7) is 4.23. The molecule has 2 aromatic rings. The molecule has 2 fully saturated rings. The summed E-state index contributed by atoms with van der Waals surface area (Å²) in [5, 5.41) is 3.48. The molecule has 0 amide bonds. The Morgan fingerprint density at radius 3 is 2.62 bits per heavy atom. The largest absolute Gasteiger partial charge is 0.379 e. The highest BCUT2D eigenvalue weighted by atomic mass is 16.5. The number of hydrogen-bond acceptors (Lipinski definition) is 6. The molecule has 0 radical (unpaired) electrons. The molecule has 138 valence electrons. The van der Waals surface area contributed by atoms with E-state index in [4.69, 9.17) is 9.72 Å². The molecule has 1 atom stereocenters. The van der Waals surface area contributed by atoms with Gasteiger partial charge in [-0.25, -0.2) is 9.97 Å². The van der Waals surface area contributed by atoms with Gasteiger partial charge in [0.2, 0.25) is 5.95 Å². The van der Waals surface area contributed by atoms with Gasteiger partial charge in [-0.15, -0.1) is 0 Å². The minimum Gasteiger partial charge on any atom is -0.379 e. The lowest BCUT2D eigenvalue weighted by Crippen LogP contribution is -2.41. The Morgan fingerprint density at radius 2 is 1.85 bits per heavy atom. The van der Waals surface area contributed by atoms with E-state index in [-0.39, 0.29) is 6.04 Å². The van der Waals surface area contributed by atoms with Crippen molar-refractivity contribution in [3.8, 4) is 0 Å². The fourth-order valence-electron chi connectivity index (χ4n) is 4.03. The summed E-state index contributed by atoms with van der Waals surface area (Å²) >= 11 is 0. The Kier molecular flexibility index (Phi) is 5.72. The van der Waals surface area contributed by atoms with Crippen LogP contribution in [0, 0.1) is 0 Å². The van der Waals surface area contributed by atoms with Crippen LogP contribution in [0.3, 0.4) is 0 Å². The number of anilines is 1. The summed E-state index contributed by atoms with van der Waals surface area (Å²) in [6.07, 6.45) is 10.8. The van der Waals surface area contributed by atoms with Gasteiger partial charge in [0.25, 0.3) is 0 Å². The summed E-state index contributed by atoms with van der Waals surface area (Å²) in [4.78, 5) is 15.9. The average molecular weight is 353 g/mol. The smallest absolute Gasteiger partial charge is 0.222 e. The first-order valence-electron chi connectivity index (χ1n) is 9.69. The maximum Gasteiger partial charge on any atom is 0.222 e. The maximum absolute atomic E-state index is 5.52. The SMILES string of the molecule is c1cc([C@H](CNc2nccc(C3CCCC3)n2)N2CCOCC2)ccn1. The molecule has 2 aliphatic rings. The number of ether oxygens (including phenoxy) is 1. The molecule has 1 saturated heterocycles. The van der Waals surface area contributed by atoms with Crippen molar-refractivity contribution in [2.24, 2.45) is 0 Å². The van der Waals surface area contributed by atoms with Crippen molar-refractivity contribution in [1.82, 2.24) is 19.9 Å². The zero-order valence-electron chi connectivity index (χ0n) is 15.2. The molecule has 4 rings (SSSR count). The van der Waals surface area contributed by atoms with Crippen LogP contribution >= 0.6 is 0 Å². The van der Waals surface area contributed by atoms with Gasteiger partial charge in [0, 0.05) is 49.8 Å². The first-order valence-corrected chi connectivity index (χ1v) is 9.69. The molecule has 0 bridgehead atoms. The molecule has 3 heterocycles. The number of pyridine rings is 1. The molecular weight excluding hydrogens is 326 g/mol. The van der Waals surface area contributed by atoms with Crippen LogP contribution in [0.4, 0.5) is 5.95 Å². The minimum absolute atomic E-state index is 0.264. The van der Waals surface area contributed by atoms with Crippen molar-refractivity contribution in [2.75, 3.05) is 38.2 Å². The van der Waals surface area contributed by atoms with Gasteiger partial charge in [0.05, 0.1) is 19.3 Å². The van der Waals surface area contributed by atoms with Crippen molar-refractivity contribution < 1.29 is 4.74 Å². The number of rotatable bonds is 6. The van der Waals surface area contributed by atoms with Crippen LogP contribution in [-0.4, -0.2) is 52.7 Å². The van der Waals surface area contributed by atoms with Crippen molar-refractivity contribution in [3.05, 3.63) is 48.0 Å². The zero-order chi connectivity index (χ0) is 17.6. The summed E-state index contributed by atoms with van der Waals surface area (Å²) in [7, 11) is 0. The Labute approximate surface area is 155 Å². The van der Waals surface area contributed by atoms with Crippen LogP contribution in [0.2, 0.25) is 0 Å². The van der Waals surface area contributed by atoms with Gasteiger partial charge in [-0.05, 0) is 36.6 Å². The van der Waals surface area contributed by atoms with Crippen LogP contribution in [0.25, 0.3) is 0 Å². The number of nitrogens with one attached hydrogen (secondary N) is 1. The van der Waals surface area contributed by atoms with E-state index in [9.17, 15) is 0 Å². The molecule has 1 N–H and O–H groups in total. The van der Waals surface area contributed by atoms with E-state index in [1.165, 1.54) is 36.9 Å². The lowest BCUT2D eigenvalue weighted by molar-refractivity contribution is 0.0186. The lowest BCUT2D eigenvalue weighted by Gasteiger charge is -2.34. The van der Waals surface area contributed by atoms with Crippen molar-refractivity contribution in [1.29, 1.82) is 0 Å². The Bertz CT molecular complexity index is 684. The van der Waals surface area contributed by atoms with Crippen molar-refractivity contribution >= 4 is 5.95 Å². The van der Waals surface area contributed by atoms with E-state index in [1.54, 1.807) is 0 Å². The first kappa shape index (κ1) is 17.4. The number of hydrogen-bond donors (Lipinski definition) is 1. The Balaban J connectivity index is 1.46. The van der Waals surface area contributed by atoms with Crippen molar-refractivity contribution in [3.63, 3.8) is 0 Å². The molecule has 2 aromatic heterocycles. The highest BCUT2D eigenvalue weighted by Gasteiger charge is 2.23. The lowest BCUT2D eigenvalue weighted by atomic mass is 10.0. The molecule has 1 saturated carbocycles. The minimum atomic E-state index is 0.264. The molecule has 6 nitrogen and oxygen atoms in total. The third kappa shape index (κ3) is 4.19. The standard InChI is InChI=1S/C20H27N5O/c1-2-4-16(3-1)18-7-10-22-20(24-18)23-15-19(17-5-8-21-9-6-17)25-11-13-26-14-12-25/h5-10,16,19H,1-4,11-15H2,(H,22,23,24)/t19-/m0/s1. The molecule has 26 heavy (non-hydrogen) atoms. The van der Waals surface area contributed by atoms with Gasteiger partial charge in [-0.3, -0.25) is 9.88 Å². The second-order valence-electron chi connectivity index (χ2n) is 7.11. The normalized spacial score (nSPS) is 20.2. The third-order valence-electron chi connectivity index (χ3n) is 5.48. The summed E-state index contributed by atoms with van der Waals surface area (Å²) in [5.41, 5.74) is 2.45. The van der Waals surface area contributed by atoms with E-state index in [1.807, 2.05) is 18.6 Å². The van der Waals surface area contributed by atoms with E-state index >= 15 is 0 Å². The maximum atomic E-state index is 5.52. The Morgan fingerprint density at radius 1 is 1.08 bits per heavy atom. The van der Waals surface area contributed by atoms with Crippen LogP contribution in [0.5, 0.6) is 0 Å². The molecule has 1 aliphatic carbocycles. The topological polar surface area (TPSA) is 63.2 Å². The molecule has 0 unspecified atom stereocenters. The molecule has 1 aliphatic heterocycles. The van der Waals surface area contributed by atoms with Gasteiger partial charge >= 0.3 is 0 Å². The predicted octanol–water partition coefficient (Wildman–Crippen LogP) is 3.01. The summed E-state index contributed by atoms with van der Waals surface area (Å²) < 4.78 is 5.52. The van der Waals surface area contributed by atoms with E-state index in [0.29, 0.717) is 5.92 Å². The zero-order valence-corrected chi connectivity index (χ0v) is 15.2. The van der Waals surface area contributed by atoms with Crippen LogP contribution in [0.1, 0.15) is 48.9 Å². The van der Waals surface area contributed by atoms with Gasteiger partial charge in [-0.2, -0.15) is 0 Å². The second-order valence-corrected chi connectivity index (χ2v) is 7.11. The van der Waals surface area contributed by atoms with Crippen molar-refractivity contribution in [2.45, 2.75) is 37.6 Å². The fourth-order valence-corrected chi connectivity index (χ4v) is 4.03. The number of morpholine rings is 1. The van der Waals surface area contributed by atoms with E-state index < -0.39 is 0 Å². The molecule has 6 heteroatoms. The highest BCUT2D eigenvalue weighted by Crippen LogP contribution is 2.33. The summed E-state index contributed by atoms with van der Waals surface area (Å²) in [5.74, 6) is 1.34. The van der Waals surface area contributed by atoms with Gasteiger partial charge in [0.15, 0.2) is 0 Å². The monoisotopic (exact) mass is 353 g/mol. The van der Waals surface area contributed by atoms with Crippen LogP contribution < -0.4 is 5.32 Å². The van der Waals surface area contributed by atoms with Gasteiger partial charge in [-0.1, -0.05) is 12.8 Å². The quantitative estimate of drug-likeness (QED) is 0.861. The number of nitrogens with zero attached hydrogens (tertiary/aromatic N) is 4. The molecular formula is C20H27N5O. The third-order valence-corrected chi connectivity index (χ3v) is 5.48. The first-order chi connectivity index (χ1) is 12.9. The average Bonchev–Trinajstić information content (AvgIpc) is 3.25. The van der Waals surface area contributed by atoms with Crippen LogP contribution in [0.15, 0.2) is 36.8 Å². The van der Waals surface area contributed by atoms with E-state index in [0.717, 1.165) is 38.8 Å². The molecule has 0 aromatic carbocycles.